The Morgan fingerprint density at radius 1 is 0.605 bits per heavy atom. The zero-order valence-corrected chi connectivity index (χ0v) is 24.5. The summed E-state index contributed by atoms with van der Waals surface area (Å²) in [6.07, 6.45) is 5.28. The zero-order chi connectivity index (χ0) is 26.5. The van der Waals surface area contributed by atoms with Gasteiger partial charge in [-0.1, -0.05) is 0 Å². The summed E-state index contributed by atoms with van der Waals surface area (Å²) in [5, 5.41) is 2.32. The molecule has 1 atom stereocenters. The van der Waals surface area contributed by atoms with Gasteiger partial charge in [0.1, 0.15) is 0 Å². The number of hydrogen-bond donors (Lipinski definition) is 0. The molecule has 1 saturated carbocycles. The molecule has 0 amide bonds. The summed E-state index contributed by atoms with van der Waals surface area (Å²) in [6, 6.07) is 39.4. The number of rotatable bonds is 9. The molecule has 1 aliphatic carbocycles. The summed E-state index contributed by atoms with van der Waals surface area (Å²) >= 11 is -0.206. The standard InChI is InChI=1S/C31H32ClO4PSe/c33-32(34,35)36-37(27-18-8-2-9-19-27,28-20-10-3-11-21-28,29-22-12-4-13-23-29)31(26-16-6-1-7-17-26)38-30-24-14-5-15-25-30/h2-5,8-15,18-26,31H,1,6-7,16-17H2. The van der Waals surface area contributed by atoms with Crippen LogP contribution in [0.4, 0.5) is 0 Å². The van der Waals surface area contributed by atoms with E-state index >= 15 is 0 Å². The van der Waals surface area contributed by atoms with Crippen LogP contribution in [-0.4, -0.2) is 19.5 Å². The molecule has 0 heterocycles. The van der Waals surface area contributed by atoms with Crippen LogP contribution in [0.5, 0.6) is 0 Å². The molecule has 4 aromatic carbocycles. The first-order chi connectivity index (χ1) is 18.4. The molecule has 0 aromatic heterocycles. The second kappa shape index (κ2) is 11.6. The van der Waals surface area contributed by atoms with Crippen molar-refractivity contribution in [2.45, 2.75) is 36.7 Å². The van der Waals surface area contributed by atoms with Crippen LogP contribution in [0.15, 0.2) is 121 Å². The number of benzene rings is 4. The molecule has 0 aliphatic heterocycles. The molecule has 1 aliphatic rings. The second-order valence-corrected chi connectivity index (χ2v) is 18.7. The normalized spacial score (nSPS) is 16.9. The predicted molar refractivity (Wildman–Crippen MR) is 148 cm³/mol. The van der Waals surface area contributed by atoms with E-state index in [-0.39, 0.29) is 25.4 Å². The van der Waals surface area contributed by atoms with Gasteiger partial charge in [0.25, 0.3) is 0 Å². The summed E-state index contributed by atoms with van der Waals surface area (Å²) in [5.41, 5.74) is 0. The monoisotopic (exact) mass is 614 g/mol. The molecule has 5 rings (SSSR count). The summed E-state index contributed by atoms with van der Waals surface area (Å²) < 4.78 is 46.5. The fourth-order valence-corrected chi connectivity index (χ4v) is 21.1. The molecule has 4 aromatic rings. The van der Waals surface area contributed by atoms with Crippen LogP contribution in [0.2, 0.25) is 0 Å². The Kier molecular flexibility index (Phi) is 8.40. The Bertz CT molecular complexity index is 1200. The van der Waals surface area contributed by atoms with Crippen molar-refractivity contribution in [3.8, 4) is 0 Å². The molecule has 0 saturated heterocycles. The molecule has 0 radical (unpaired) electrons. The maximum absolute atomic E-state index is 13.0. The van der Waals surface area contributed by atoms with E-state index in [2.05, 4.69) is 12.1 Å². The van der Waals surface area contributed by atoms with Gasteiger partial charge in [0.2, 0.25) is 0 Å². The van der Waals surface area contributed by atoms with Crippen molar-refractivity contribution in [2.24, 2.45) is 5.92 Å². The Hall–Kier alpha value is -2.04. The summed E-state index contributed by atoms with van der Waals surface area (Å²) in [6.45, 7) is -4.44. The zero-order valence-electron chi connectivity index (χ0n) is 21.1. The molecular formula is C31H32ClO4PSe. The first-order valence-electron chi connectivity index (χ1n) is 13.0. The van der Waals surface area contributed by atoms with E-state index < -0.39 is 17.1 Å². The SMILES string of the molecule is [O-][Cl+3]([O-])([O-])OP(c1ccccc1)(c1ccccc1)(c1ccccc1)C([Se]c1ccccc1)C1CCCCC1. The van der Waals surface area contributed by atoms with Gasteiger partial charge in [-0.25, -0.2) is 0 Å². The van der Waals surface area contributed by atoms with Gasteiger partial charge in [0, 0.05) is 0 Å². The fraction of sp³-hybridized carbons (Fsp3) is 0.226. The molecular weight excluding hydrogens is 582 g/mol. The van der Waals surface area contributed by atoms with Crippen molar-refractivity contribution in [3.63, 3.8) is 0 Å². The van der Waals surface area contributed by atoms with E-state index in [0.717, 1.165) is 46.1 Å². The van der Waals surface area contributed by atoms with E-state index in [4.69, 9.17) is 4.08 Å². The van der Waals surface area contributed by atoms with Crippen molar-refractivity contribution < 1.29 is 28.3 Å². The van der Waals surface area contributed by atoms with Crippen LogP contribution in [-0.2, 0) is 4.08 Å². The summed E-state index contributed by atoms with van der Waals surface area (Å²) in [4.78, 5) is 0. The van der Waals surface area contributed by atoms with Crippen LogP contribution in [0.25, 0.3) is 0 Å². The number of halogens is 1. The van der Waals surface area contributed by atoms with Crippen LogP contribution in [0.1, 0.15) is 32.1 Å². The molecule has 7 heteroatoms. The predicted octanol–water partition coefficient (Wildman–Crippen LogP) is 2.28. The molecule has 0 N–H and O–H groups in total. The van der Waals surface area contributed by atoms with Gasteiger partial charge >= 0.3 is 234 Å². The van der Waals surface area contributed by atoms with Crippen LogP contribution in [0.3, 0.4) is 0 Å². The van der Waals surface area contributed by atoms with Crippen molar-refractivity contribution in [1.82, 2.24) is 0 Å². The van der Waals surface area contributed by atoms with Gasteiger partial charge in [-0.15, -0.1) is 0 Å². The van der Waals surface area contributed by atoms with Crippen LogP contribution < -0.4 is 34.4 Å². The minimum atomic E-state index is -4.79. The molecule has 0 spiro atoms. The fourth-order valence-electron chi connectivity index (χ4n) is 6.05. The van der Waals surface area contributed by atoms with Crippen molar-refractivity contribution in [2.75, 3.05) is 0 Å². The van der Waals surface area contributed by atoms with Gasteiger partial charge in [0.15, 0.2) is 0 Å². The topological polar surface area (TPSA) is 78.4 Å². The first-order valence-corrected chi connectivity index (χ1v) is 18.3. The Balaban J connectivity index is 1.97. The molecule has 4 nitrogen and oxygen atoms in total. The van der Waals surface area contributed by atoms with E-state index in [1.165, 1.54) is 6.42 Å². The number of hydrogen-bond acceptors (Lipinski definition) is 4. The molecule has 0 bridgehead atoms. The third-order valence-corrected chi connectivity index (χ3v) is 20.3. The van der Waals surface area contributed by atoms with Gasteiger partial charge in [-0.05, 0) is 0 Å². The first kappa shape index (κ1) is 27.5. The quantitative estimate of drug-likeness (QED) is 0.214. The summed E-state index contributed by atoms with van der Waals surface area (Å²) in [5.74, 6) is 0.194. The van der Waals surface area contributed by atoms with Gasteiger partial charge < -0.3 is 0 Å². The van der Waals surface area contributed by atoms with E-state index in [1.807, 2.05) is 109 Å². The van der Waals surface area contributed by atoms with E-state index in [1.54, 1.807) is 0 Å². The van der Waals surface area contributed by atoms with E-state index in [0.29, 0.717) is 0 Å². The Labute approximate surface area is 233 Å². The maximum atomic E-state index is 13.0. The van der Waals surface area contributed by atoms with Crippen LogP contribution in [0, 0.1) is 16.2 Å². The summed E-state index contributed by atoms with van der Waals surface area (Å²) in [7, 11) is -4.79. The third-order valence-electron chi connectivity index (χ3n) is 7.57. The van der Waals surface area contributed by atoms with Crippen molar-refractivity contribution in [3.05, 3.63) is 121 Å². The third kappa shape index (κ3) is 5.11. The Morgan fingerprint density at radius 2 is 1.00 bits per heavy atom. The van der Waals surface area contributed by atoms with Gasteiger partial charge in [-0.2, -0.15) is 0 Å². The van der Waals surface area contributed by atoms with Crippen LogP contribution >= 0.6 is 6.83 Å². The van der Waals surface area contributed by atoms with Crippen molar-refractivity contribution in [1.29, 1.82) is 0 Å². The minimum absolute atomic E-state index is 0.194. The molecule has 1 unspecified atom stereocenters. The Morgan fingerprint density at radius 3 is 1.39 bits per heavy atom. The molecule has 1 fully saturated rings. The molecule has 198 valence electrons. The second-order valence-electron chi connectivity index (χ2n) is 9.78. The van der Waals surface area contributed by atoms with E-state index in [9.17, 15) is 14.0 Å². The average Bonchev–Trinajstić information content (AvgIpc) is 2.97. The average molecular weight is 614 g/mol. The van der Waals surface area contributed by atoms with Crippen molar-refractivity contribution >= 4 is 42.2 Å². The van der Waals surface area contributed by atoms with Gasteiger partial charge in [-0.3, -0.25) is 0 Å². The molecule has 38 heavy (non-hydrogen) atoms. The van der Waals surface area contributed by atoms with Gasteiger partial charge in [0.05, 0.1) is 0 Å².